The lowest BCUT2D eigenvalue weighted by Gasteiger charge is -2.35. The highest BCUT2D eigenvalue weighted by molar-refractivity contribution is 7.89. The van der Waals surface area contributed by atoms with Gasteiger partial charge in [0.1, 0.15) is 0 Å². The van der Waals surface area contributed by atoms with E-state index in [1.807, 2.05) is 66.2 Å². The molecule has 1 aliphatic rings. The van der Waals surface area contributed by atoms with Crippen LogP contribution in [0.25, 0.3) is 10.8 Å². The van der Waals surface area contributed by atoms with Gasteiger partial charge in [-0.15, -0.1) is 11.3 Å². The van der Waals surface area contributed by atoms with Gasteiger partial charge in [-0.25, -0.2) is 8.42 Å². The van der Waals surface area contributed by atoms with Crippen LogP contribution in [0.5, 0.6) is 0 Å². The Morgan fingerprint density at radius 1 is 0.889 bits per heavy atom. The van der Waals surface area contributed by atoms with E-state index in [1.54, 1.807) is 27.8 Å². The molecule has 0 bridgehead atoms. The fraction of sp³-hybridized carbons (Fsp3) is 0.143. The van der Waals surface area contributed by atoms with E-state index in [1.165, 1.54) is 0 Å². The third kappa shape index (κ3) is 2.72. The first-order chi connectivity index (χ1) is 13.1. The van der Waals surface area contributed by atoms with Crippen molar-refractivity contribution in [2.45, 2.75) is 17.5 Å². The number of thiophene rings is 1. The second kappa shape index (κ2) is 6.34. The summed E-state index contributed by atoms with van der Waals surface area (Å²) >= 11 is 1.59. The van der Waals surface area contributed by atoms with Crippen LogP contribution in [0.3, 0.4) is 0 Å². The topological polar surface area (TPSA) is 42.3 Å². The smallest absolute Gasteiger partial charge is 0.244 e. The Labute approximate surface area is 162 Å². The molecule has 4 nitrogen and oxygen atoms in total. The second-order valence-corrected chi connectivity index (χ2v) is 9.54. The Balaban J connectivity index is 1.64. The van der Waals surface area contributed by atoms with Crippen LogP contribution in [0.4, 0.5) is 0 Å². The molecule has 3 heterocycles. The Morgan fingerprint density at radius 3 is 2.56 bits per heavy atom. The molecule has 1 atom stereocenters. The summed E-state index contributed by atoms with van der Waals surface area (Å²) in [7, 11) is -3.62. The molecular formula is C21H18N2O2S2. The first kappa shape index (κ1) is 16.7. The van der Waals surface area contributed by atoms with Crippen molar-refractivity contribution in [1.82, 2.24) is 8.87 Å². The van der Waals surface area contributed by atoms with Crippen molar-refractivity contribution >= 4 is 32.1 Å². The standard InChI is InChI=1S/C21H18N2O2S2/c24-27(25,18-10-9-16-5-1-2-6-17(16)15-18)23-13-12-22-11-3-7-19(22)21(23)20-8-4-14-26-20/h1-11,14-15,21H,12-13H2. The number of benzene rings is 2. The summed E-state index contributed by atoms with van der Waals surface area (Å²) in [6.45, 7) is 1.12. The lowest BCUT2D eigenvalue weighted by Crippen LogP contribution is -2.42. The first-order valence-corrected chi connectivity index (χ1v) is 11.2. The number of hydrogen-bond acceptors (Lipinski definition) is 3. The van der Waals surface area contributed by atoms with Crippen LogP contribution in [-0.4, -0.2) is 23.8 Å². The van der Waals surface area contributed by atoms with E-state index in [0.717, 1.165) is 21.3 Å². The highest BCUT2D eigenvalue weighted by Crippen LogP contribution is 2.38. The number of nitrogens with zero attached hydrogens (tertiary/aromatic N) is 2. The van der Waals surface area contributed by atoms with Crippen LogP contribution in [-0.2, 0) is 16.6 Å². The number of rotatable bonds is 3. The van der Waals surface area contributed by atoms with Gasteiger partial charge >= 0.3 is 0 Å². The largest absolute Gasteiger partial charge is 0.348 e. The van der Waals surface area contributed by atoms with Gasteiger partial charge in [-0.3, -0.25) is 0 Å². The number of aromatic nitrogens is 1. The molecule has 1 aliphatic heterocycles. The first-order valence-electron chi connectivity index (χ1n) is 8.84. The molecular weight excluding hydrogens is 376 g/mol. The fourth-order valence-corrected chi connectivity index (χ4v) is 6.34. The van der Waals surface area contributed by atoms with Gasteiger partial charge in [0.15, 0.2) is 0 Å². The molecule has 1 unspecified atom stereocenters. The maximum Gasteiger partial charge on any atom is 0.244 e. The Kier molecular flexibility index (Phi) is 3.93. The molecule has 0 aliphatic carbocycles. The maximum absolute atomic E-state index is 13.6. The fourth-order valence-electron chi connectivity index (χ4n) is 3.82. The van der Waals surface area contributed by atoms with Gasteiger partial charge in [0.2, 0.25) is 10.0 Å². The zero-order valence-corrected chi connectivity index (χ0v) is 16.2. The Hall–Kier alpha value is -2.41. The Morgan fingerprint density at radius 2 is 1.74 bits per heavy atom. The molecule has 2 aromatic carbocycles. The highest BCUT2D eigenvalue weighted by atomic mass is 32.2. The molecule has 6 heteroatoms. The SMILES string of the molecule is O=S(=O)(c1ccc2ccccc2c1)N1CCn2cccc2C1c1cccs1. The predicted molar refractivity (Wildman–Crippen MR) is 108 cm³/mol. The molecule has 0 N–H and O–H groups in total. The zero-order chi connectivity index (χ0) is 18.4. The quantitative estimate of drug-likeness (QED) is 0.514. The van der Waals surface area contributed by atoms with Crippen molar-refractivity contribution in [3.8, 4) is 0 Å². The normalized spacial score (nSPS) is 17.9. The molecule has 136 valence electrons. The minimum atomic E-state index is -3.62. The van der Waals surface area contributed by atoms with Gasteiger partial charge in [0, 0.05) is 29.9 Å². The minimum Gasteiger partial charge on any atom is -0.348 e. The van der Waals surface area contributed by atoms with E-state index in [-0.39, 0.29) is 6.04 Å². The van der Waals surface area contributed by atoms with E-state index < -0.39 is 10.0 Å². The van der Waals surface area contributed by atoms with Crippen LogP contribution < -0.4 is 0 Å². The van der Waals surface area contributed by atoms with Crippen LogP contribution in [0.2, 0.25) is 0 Å². The summed E-state index contributed by atoms with van der Waals surface area (Å²) in [5.41, 5.74) is 1.02. The maximum atomic E-state index is 13.6. The number of hydrogen-bond donors (Lipinski definition) is 0. The zero-order valence-electron chi connectivity index (χ0n) is 14.5. The van der Waals surface area contributed by atoms with Crippen LogP contribution in [0, 0.1) is 0 Å². The van der Waals surface area contributed by atoms with Gasteiger partial charge in [0.05, 0.1) is 10.9 Å². The molecule has 27 heavy (non-hydrogen) atoms. The number of sulfonamides is 1. The van der Waals surface area contributed by atoms with Gasteiger partial charge in [0.25, 0.3) is 0 Å². The van der Waals surface area contributed by atoms with Crippen LogP contribution >= 0.6 is 11.3 Å². The lowest BCUT2D eigenvalue weighted by molar-refractivity contribution is 0.301. The molecule has 0 radical (unpaired) electrons. The predicted octanol–water partition coefficient (Wildman–Crippen LogP) is 4.50. The summed E-state index contributed by atoms with van der Waals surface area (Å²) in [5, 5.41) is 3.98. The molecule has 4 aromatic rings. The monoisotopic (exact) mass is 394 g/mol. The summed E-state index contributed by atoms with van der Waals surface area (Å²) in [6.07, 6.45) is 2.02. The molecule has 2 aromatic heterocycles. The van der Waals surface area contributed by atoms with E-state index in [9.17, 15) is 8.42 Å². The molecule has 0 spiro atoms. The van der Waals surface area contributed by atoms with Crippen LogP contribution in [0.15, 0.2) is 83.2 Å². The molecule has 5 rings (SSSR count). The number of fused-ring (bicyclic) bond motifs is 2. The second-order valence-electron chi connectivity index (χ2n) is 6.67. The average Bonchev–Trinajstić information content (AvgIpc) is 3.38. The lowest BCUT2D eigenvalue weighted by atomic mass is 10.1. The molecule has 0 saturated carbocycles. The van der Waals surface area contributed by atoms with Crippen molar-refractivity contribution in [2.24, 2.45) is 0 Å². The van der Waals surface area contributed by atoms with E-state index in [0.29, 0.717) is 18.0 Å². The third-order valence-corrected chi connectivity index (χ3v) is 7.92. The van der Waals surface area contributed by atoms with E-state index in [4.69, 9.17) is 0 Å². The Bertz CT molecular complexity index is 1210. The van der Waals surface area contributed by atoms with Gasteiger partial charge in [-0.1, -0.05) is 36.4 Å². The van der Waals surface area contributed by atoms with Gasteiger partial charge in [-0.05, 0) is 46.5 Å². The average molecular weight is 395 g/mol. The van der Waals surface area contributed by atoms with Gasteiger partial charge in [-0.2, -0.15) is 4.31 Å². The minimum absolute atomic E-state index is 0.287. The third-order valence-electron chi connectivity index (χ3n) is 5.13. The van der Waals surface area contributed by atoms with Gasteiger partial charge < -0.3 is 4.57 Å². The molecule has 0 fully saturated rings. The van der Waals surface area contributed by atoms with Crippen molar-refractivity contribution in [3.05, 3.63) is 88.9 Å². The molecule has 0 saturated heterocycles. The van der Waals surface area contributed by atoms with E-state index in [2.05, 4.69) is 4.57 Å². The molecule has 0 amide bonds. The summed E-state index contributed by atoms with van der Waals surface area (Å²) < 4.78 is 31.0. The van der Waals surface area contributed by atoms with Crippen molar-refractivity contribution < 1.29 is 8.42 Å². The van der Waals surface area contributed by atoms with Crippen molar-refractivity contribution in [2.75, 3.05) is 6.54 Å². The van der Waals surface area contributed by atoms with Crippen LogP contribution in [0.1, 0.15) is 16.6 Å². The summed E-state index contributed by atoms with van der Waals surface area (Å²) in [4.78, 5) is 1.39. The summed E-state index contributed by atoms with van der Waals surface area (Å²) in [5.74, 6) is 0. The summed E-state index contributed by atoms with van der Waals surface area (Å²) in [6, 6.07) is 20.9. The van der Waals surface area contributed by atoms with Crippen molar-refractivity contribution in [3.63, 3.8) is 0 Å². The van der Waals surface area contributed by atoms with E-state index >= 15 is 0 Å². The van der Waals surface area contributed by atoms with Crippen molar-refractivity contribution in [1.29, 1.82) is 0 Å². The highest BCUT2D eigenvalue weighted by Gasteiger charge is 2.38.